The maximum Gasteiger partial charge on any atom is 0.212 e. The summed E-state index contributed by atoms with van der Waals surface area (Å²) in [5.41, 5.74) is 6.37. The van der Waals surface area contributed by atoms with Crippen LogP contribution in [-0.2, 0) is 0 Å². The van der Waals surface area contributed by atoms with E-state index >= 15 is 0 Å². The summed E-state index contributed by atoms with van der Waals surface area (Å²) in [6, 6.07) is 13.6. The molecule has 1 aliphatic rings. The summed E-state index contributed by atoms with van der Waals surface area (Å²) in [7, 11) is 0. The van der Waals surface area contributed by atoms with E-state index in [2.05, 4.69) is 50.6 Å². The van der Waals surface area contributed by atoms with Gasteiger partial charge in [-0.25, -0.2) is 4.68 Å². The van der Waals surface area contributed by atoms with Gasteiger partial charge in [-0.05, 0) is 25.1 Å². The lowest BCUT2D eigenvalue weighted by Crippen LogP contribution is -2.14. The van der Waals surface area contributed by atoms with Gasteiger partial charge in [-0.2, -0.15) is 0 Å². The molecule has 1 unspecified atom stereocenters. The number of thioether (sulfide) groups is 1. The number of hydrogen-bond acceptors (Lipinski definition) is 5. The lowest BCUT2D eigenvalue weighted by atomic mass is 10.1. The highest BCUT2D eigenvalue weighted by Gasteiger charge is 2.29. The number of nitrogens with one attached hydrogen (secondary N) is 1. The number of halogens is 1. The normalized spacial score (nSPS) is 16.2. The molecule has 4 rings (SSSR count). The third-order valence-corrected chi connectivity index (χ3v) is 5.25. The minimum Gasteiger partial charge on any atom is -0.508 e. The first kappa shape index (κ1) is 14.6. The zero-order chi connectivity index (χ0) is 16.0. The average Bonchev–Trinajstić information content (AvgIpc) is 3.11. The summed E-state index contributed by atoms with van der Waals surface area (Å²) in [5.74, 6) is 1.03. The third-order valence-electron chi connectivity index (χ3n) is 3.68. The predicted molar refractivity (Wildman–Crippen MR) is 94.0 cm³/mol. The number of aromatic hydroxyl groups is 1. The van der Waals surface area contributed by atoms with Crippen molar-refractivity contribution in [1.29, 1.82) is 0 Å². The van der Waals surface area contributed by atoms with E-state index in [-0.39, 0.29) is 11.1 Å². The van der Waals surface area contributed by atoms with Crippen LogP contribution in [0.2, 0.25) is 0 Å². The van der Waals surface area contributed by atoms with Crippen molar-refractivity contribution in [2.24, 2.45) is 0 Å². The number of aromatic nitrogens is 3. The van der Waals surface area contributed by atoms with Crippen molar-refractivity contribution < 1.29 is 5.11 Å². The molecule has 0 aliphatic carbocycles. The van der Waals surface area contributed by atoms with Gasteiger partial charge in [0.25, 0.3) is 0 Å². The SMILES string of the molecule is Cc1ccc(-c2nnc3n2NC(c2cc(Br)ccc2O)S3)cc1. The Bertz CT molecular complexity index is 878. The van der Waals surface area contributed by atoms with Crippen LogP contribution in [0, 0.1) is 6.92 Å². The summed E-state index contributed by atoms with van der Waals surface area (Å²) in [5, 5.41) is 19.3. The van der Waals surface area contributed by atoms with Crippen LogP contribution >= 0.6 is 27.7 Å². The fourth-order valence-corrected chi connectivity index (χ4v) is 3.87. The van der Waals surface area contributed by atoms with Gasteiger partial charge < -0.3 is 10.5 Å². The Kier molecular flexibility index (Phi) is 3.54. The number of hydrogen-bond donors (Lipinski definition) is 2. The number of nitrogens with zero attached hydrogens (tertiary/aromatic N) is 3. The average molecular weight is 389 g/mol. The highest BCUT2D eigenvalue weighted by molar-refractivity contribution is 9.10. The Morgan fingerprint density at radius 3 is 2.74 bits per heavy atom. The van der Waals surface area contributed by atoms with E-state index in [1.807, 2.05) is 28.9 Å². The van der Waals surface area contributed by atoms with Gasteiger partial charge >= 0.3 is 0 Å². The quantitative estimate of drug-likeness (QED) is 0.692. The van der Waals surface area contributed by atoms with E-state index < -0.39 is 0 Å². The Morgan fingerprint density at radius 1 is 1.17 bits per heavy atom. The number of benzene rings is 2. The zero-order valence-electron chi connectivity index (χ0n) is 12.2. The van der Waals surface area contributed by atoms with Crippen molar-refractivity contribution in [2.75, 3.05) is 5.43 Å². The molecule has 1 aromatic heterocycles. The molecule has 0 saturated heterocycles. The molecule has 0 spiro atoms. The summed E-state index contributed by atoms with van der Waals surface area (Å²) in [6.07, 6.45) is 0. The van der Waals surface area contributed by atoms with Gasteiger partial charge in [-0.1, -0.05) is 57.5 Å². The second-order valence-electron chi connectivity index (χ2n) is 5.34. The minimum absolute atomic E-state index is 0.109. The van der Waals surface area contributed by atoms with Crippen LogP contribution in [0.25, 0.3) is 11.4 Å². The molecule has 7 heteroatoms. The first-order valence-corrected chi connectivity index (χ1v) is 8.73. The van der Waals surface area contributed by atoms with E-state index in [9.17, 15) is 5.11 Å². The van der Waals surface area contributed by atoms with Crippen molar-refractivity contribution in [3.63, 3.8) is 0 Å². The van der Waals surface area contributed by atoms with E-state index in [1.54, 1.807) is 6.07 Å². The summed E-state index contributed by atoms with van der Waals surface area (Å²) >= 11 is 4.97. The fourth-order valence-electron chi connectivity index (χ4n) is 2.47. The maximum atomic E-state index is 10.1. The molecular weight excluding hydrogens is 376 g/mol. The molecule has 5 nitrogen and oxygen atoms in total. The largest absolute Gasteiger partial charge is 0.508 e. The molecule has 23 heavy (non-hydrogen) atoms. The Labute approximate surface area is 145 Å². The summed E-state index contributed by atoms with van der Waals surface area (Å²) < 4.78 is 2.80. The van der Waals surface area contributed by atoms with Crippen molar-refractivity contribution >= 4 is 27.7 Å². The van der Waals surface area contributed by atoms with Crippen molar-refractivity contribution in [2.45, 2.75) is 17.5 Å². The molecule has 2 N–H and O–H groups in total. The highest BCUT2D eigenvalue weighted by Crippen LogP contribution is 2.43. The molecule has 0 radical (unpaired) electrons. The van der Waals surface area contributed by atoms with Crippen molar-refractivity contribution in [1.82, 2.24) is 14.9 Å². The molecule has 3 aromatic rings. The van der Waals surface area contributed by atoms with E-state index in [4.69, 9.17) is 0 Å². The van der Waals surface area contributed by atoms with E-state index in [0.29, 0.717) is 0 Å². The van der Waals surface area contributed by atoms with Crippen LogP contribution in [0.15, 0.2) is 52.1 Å². The number of phenols is 1. The molecule has 0 saturated carbocycles. The van der Waals surface area contributed by atoms with E-state index in [0.717, 1.165) is 26.6 Å². The van der Waals surface area contributed by atoms with Gasteiger partial charge in [-0.15, -0.1) is 10.2 Å². The van der Waals surface area contributed by atoms with E-state index in [1.165, 1.54) is 17.3 Å². The van der Waals surface area contributed by atoms with Crippen LogP contribution < -0.4 is 5.43 Å². The monoisotopic (exact) mass is 388 g/mol. The Morgan fingerprint density at radius 2 is 1.96 bits per heavy atom. The van der Waals surface area contributed by atoms with Gasteiger partial charge in [0.05, 0.1) is 0 Å². The van der Waals surface area contributed by atoms with Gasteiger partial charge in [0.1, 0.15) is 11.1 Å². The fraction of sp³-hybridized carbons (Fsp3) is 0.125. The van der Waals surface area contributed by atoms with Crippen LogP contribution in [0.3, 0.4) is 0 Å². The first-order valence-electron chi connectivity index (χ1n) is 7.06. The minimum atomic E-state index is -0.109. The predicted octanol–water partition coefficient (Wildman–Crippen LogP) is 4.07. The molecular formula is C16H13BrN4OS. The molecule has 0 bridgehead atoms. The smallest absolute Gasteiger partial charge is 0.212 e. The number of rotatable bonds is 2. The number of phenolic OH excluding ortho intramolecular Hbond substituents is 1. The maximum absolute atomic E-state index is 10.1. The van der Waals surface area contributed by atoms with Crippen LogP contribution in [0.5, 0.6) is 5.75 Å². The van der Waals surface area contributed by atoms with Gasteiger partial charge in [0, 0.05) is 15.6 Å². The number of fused-ring (bicyclic) bond motifs is 1. The van der Waals surface area contributed by atoms with Crippen LogP contribution in [0.1, 0.15) is 16.5 Å². The molecule has 0 fully saturated rings. The van der Waals surface area contributed by atoms with Crippen molar-refractivity contribution in [3.8, 4) is 17.1 Å². The number of aryl methyl sites for hydroxylation is 1. The molecule has 1 aliphatic heterocycles. The van der Waals surface area contributed by atoms with Gasteiger partial charge in [0.15, 0.2) is 5.82 Å². The Hall–Kier alpha value is -1.99. The standard InChI is InChI=1S/C16H13BrN4OS/c1-9-2-4-10(5-3-9)14-18-19-16-21(14)20-15(23-16)12-8-11(17)6-7-13(12)22/h2-8,15,20,22H,1H3. The highest BCUT2D eigenvalue weighted by atomic mass is 79.9. The molecule has 2 heterocycles. The molecule has 2 aromatic carbocycles. The Balaban J connectivity index is 1.68. The summed E-state index contributed by atoms with van der Waals surface area (Å²) in [4.78, 5) is 0. The van der Waals surface area contributed by atoms with Gasteiger partial charge in [0.2, 0.25) is 5.16 Å². The zero-order valence-corrected chi connectivity index (χ0v) is 14.6. The lowest BCUT2D eigenvalue weighted by molar-refractivity contribution is 0.468. The lowest BCUT2D eigenvalue weighted by Gasteiger charge is -2.14. The molecule has 116 valence electrons. The summed E-state index contributed by atoms with van der Waals surface area (Å²) in [6.45, 7) is 2.05. The second-order valence-corrected chi connectivity index (χ2v) is 7.33. The van der Waals surface area contributed by atoms with Crippen LogP contribution in [0.4, 0.5) is 0 Å². The van der Waals surface area contributed by atoms with Crippen molar-refractivity contribution in [3.05, 3.63) is 58.1 Å². The topological polar surface area (TPSA) is 63.0 Å². The van der Waals surface area contributed by atoms with Gasteiger partial charge in [-0.3, -0.25) is 0 Å². The molecule has 0 amide bonds. The van der Waals surface area contributed by atoms with Crippen LogP contribution in [-0.4, -0.2) is 20.0 Å². The second kappa shape index (κ2) is 5.58. The molecule has 1 atom stereocenters. The first-order chi connectivity index (χ1) is 11.1. The third kappa shape index (κ3) is 2.60.